The molecule has 1 aliphatic heterocycles. The molecule has 1 fully saturated rings. The largest absolute Gasteiger partial charge is 0.465 e. The predicted octanol–water partition coefficient (Wildman–Crippen LogP) is 1.24. The van der Waals surface area contributed by atoms with E-state index >= 15 is 0 Å². The van der Waals surface area contributed by atoms with Crippen LogP contribution in [0.5, 0.6) is 0 Å². The summed E-state index contributed by atoms with van der Waals surface area (Å²) in [5.41, 5.74) is -0.408. The Balaban J connectivity index is 2.37. The van der Waals surface area contributed by atoms with Crippen molar-refractivity contribution in [2.45, 2.75) is 39.0 Å². The zero-order valence-corrected chi connectivity index (χ0v) is 16.1. The van der Waals surface area contributed by atoms with Gasteiger partial charge >= 0.3 is 5.97 Å². The summed E-state index contributed by atoms with van der Waals surface area (Å²) in [6, 6.07) is 0. The van der Waals surface area contributed by atoms with Crippen LogP contribution >= 0.6 is 0 Å². The number of hydrogen-bond acceptors (Lipinski definition) is 5. The molecular weight excluding hydrogens is 348 g/mol. The molecule has 2 rings (SSSR count). The van der Waals surface area contributed by atoms with E-state index in [9.17, 15) is 14.4 Å². The van der Waals surface area contributed by atoms with Crippen LogP contribution in [0.1, 0.15) is 39.0 Å². The number of rotatable bonds is 9. The first kappa shape index (κ1) is 21.0. The fraction of sp³-hybridized carbons (Fsp3) is 0.650. The maximum Gasteiger partial charge on any atom is 0.318 e. The molecule has 0 aromatic carbocycles. The SMILES string of the molecule is C#CCNC(=O)C[C@H]1C(=O)N(CCCOC)C2=CCCC[C@@]21C(=O)OCC. The number of amides is 2. The molecule has 2 aliphatic rings. The minimum Gasteiger partial charge on any atom is -0.465 e. The van der Waals surface area contributed by atoms with Crippen LogP contribution in [0.4, 0.5) is 0 Å². The van der Waals surface area contributed by atoms with E-state index in [1.807, 2.05) is 6.08 Å². The Hall–Kier alpha value is -2.33. The second-order valence-electron chi connectivity index (χ2n) is 6.75. The molecule has 148 valence electrons. The highest BCUT2D eigenvalue weighted by atomic mass is 16.5. The number of nitrogens with zero attached hydrogens (tertiary/aromatic N) is 1. The van der Waals surface area contributed by atoms with Crippen LogP contribution in [-0.4, -0.2) is 56.1 Å². The number of esters is 1. The Bertz CT molecular complexity index is 651. The number of hydrogen-bond donors (Lipinski definition) is 1. The van der Waals surface area contributed by atoms with Gasteiger partial charge in [0.15, 0.2) is 0 Å². The van der Waals surface area contributed by atoms with Crippen molar-refractivity contribution in [3.63, 3.8) is 0 Å². The van der Waals surface area contributed by atoms with Crippen LogP contribution in [0.3, 0.4) is 0 Å². The van der Waals surface area contributed by atoms with Crippen LogP contribution in [0.15, 0.2) is 11.8 Å². The Labute approximate surface area is 160 Å². The van der Waals surface area contributed by atoms with Gasteiger partial charge in [-0.2, -0.15) is 0 Å². The predicted molar refractivity (Wildman–Crippen MR) is 99.2 cm³/mol. The van der Waals surface area contributed by atoms with E-state index in [4.69, 9.17) is 15.9 Å². The van der Waals surface area contributed by atoms with Crippen LogP contribution < -0.4 is 5.32 Å². The van der Waals surface area contributed by atoms with Gasteiger partial charge in [-0.25, -0.2) is 0 Å². The highest BCUT2D eigenvalue weighted by Crippen LogP contribution is 2.53. The van der Waals surface area contributed by atoms with Crippen LogP contribution in [0.2, 0.25) is 0 Å². The summed E-state index contributed by atoms with van der Waals surface area (Å²) >= 11 is 0. The number of carbonyl (C=O) groups is 3. The van der Waals surface area contributed by atoms with E-state index in [0.29, 0.717) is 31.7 Å². The lowest BCUT2D eigenvalue weighted by molar-refractivity contribution is -0.158. The first-order valence-corrected chi connectivity index (χ1v) is 9.41. The fourth-order valence-electron chi connectivity index (χ4n) is 4.03. The molecule has 7 heteroatoms. The van der Waals surface area contributed by atoms with Gasteiger partial charge in [0.25, 0.3) is 0 Å². The van der Waals surface area contributed by atoms with Crippen molar-refractivity contribution in [2.24, 2.45) is 11.3 Å². The summed E-state index contributed by atoms with van der Waals surface area (Å²) in [5.74, 6) is 0.605. The highest BCUT2D eigenvalue weighted by Gasteiger charge is 2.61. The highest BCUT2D eigenvalue weighted by molar-refractivity contribution is 5.99. The maximum atomic E-state index is 13.2. The summed E-state index contributed by atoms with van der Waals surface area (Å²) in [5, 5.41) is 2.59. The molecule has 0 bridgehead atoms. The Morgan fingerprint density at radius 3 is 2.93 bits per heavy atom. The number of terminal acetylenes is 1. The first-order valence-electron chi connectivity index (χ1n) is 9.41. The third-order valence-corrected chi connectivity index (χ3v) is 5.17. The number of nitrogens with one attached hydrogen (secondary N) is 1. The average molecular weight is 376 g/mol. The van der Waals surface area contributed by atoms with Crippen molar-refractivity contribution in [3.05, 3.63) is 11.8 Å². The van der Waals surface area contributed by atoms with Gasteiger partial charge in [0.1, 0.15) is 5.41 Å². The van der Waals surface area contributed by atoms with Crippen molar-refractivity contribution in [2.75, 3.05) is 33.4 Å². The number of likely N-dealkylation sites (tertiary alicyclic amines) is 1. The molecule has 2 amide bonds. The van der Waals surface area contributed by atoms with Crippen molar-refractivity contribution in [1.82, 2.24) is 10.2 Å². The Kier molecular flexibility index (Phi) is 7.43. The first-order chi connectivity index (χ1) is 13.0. The molecule has 0 aromatic rings. The molecule has 1 saturated heterocycles. The van der Waals surface area contributed by atoms with Crippen molar-refractivity contribution < 1.29 is 23.9 Å². The fourth-order valence-corrected chi connectivity index (χ4v) is 4.03. The molecule has 0 spiro atoms. The monoisotopic (exact) mass is 376 g/mol. The van der Waals surface area contributed by atoms with E-state index < -0.39 is 17.3 Å². The number of fused-ring (bicyclic) bond motifs is 1. The third kappa shape index (κ3) is 4.16. The smallest absolute Gasteiger partial charge is 0.318 e. The van der Waals surface area contributed by atoms with E-state index in [1.54, 1.807) is 18.9 Å². The summed E-state index contributed by atoms with van der Waals surface area (Å²) < 4.78 is 10.4. The second kappa shape index (κ2) is 9.56. The van der Waals surface area contributed by atoms with E-state index in [0.717, 1.165) is 12.8 Å². The molecule has 7 nitrogen and oxygen atoms in total. The molecule has 2 atom stereocenters. The van der Waals surface area contributed by atoms with Gasteiger partial charge in [-0.05, 0) is 32.6 Å². The quantitative estimate of drug-likeness (QED) is 0.372. The van der Waals surface area contributed by atoms with Crippen LogP contribution in [0.25, 0.3) is 0 Å². The molecule has 0 saturated carbocycles. The summed E-state index contributed by atoms with van der Waals surface area (Å²) in [6.45, 7) is 3.01. The topological polar surface area (TPSA) is 84.9 Å². The Morgan fingerprint density at radius 1 is 1.48 bits per heavy atom. The molecule has 0 aromatic heterocycles. The summed E-state index contributed by atoms with van der Waals surface area (Å²) in [6.07, 6.45) is 9.76. The van der Waals surface area contributed by atoms with Gasteiger partial charge in [0, 0.05) is 32.4 Å². The van der Waals surface area contributed by atoms with Gasteiger partial charge in [0.05, 0.1) is 19.1 Å². The molecule has 1 heterocycles. The van der Waals surface area contributed by atoms with Gasteiger partial charge < -0.3 is 19.7 Å². The van der Waals surface area contributed by atoms with Crippen molar-refractivity contribution >= 4 is 17.8 Å². The molecule has 0 unspecified atom stereocenters. The molecule has 1 N–H and O–H groups in total. The van der Waals surface area contributed by atoms with Gasteiger partial charge in [0.2, 0.25) is 11.8 Å². The molecular formula is C20H28N2O5. The van der Waals surface area contributed by atoms with Gasteiger partial charge in [-0.1, -0.05) is 12.0 Å². The lowest BCUT2D eigenvalue weighted by Crippen LogP contribution is -2.43. The molecule has 1 aliphatic carbocycles. The zero-order chi connectivity index (χ0) is 19.9. The number of ether oxygens (including phenoxy) is 2. The van der Waals surface area contributed by atoms with Gasteiger partial charge in [-0.15, -0.1) is 6.42 Å². The normalized spacial score (nSPS) is 24.0. The van der Waals surface area contributed by atoms with Crippen LogP contribution in [0, 0.1) is 23.7 Å². The number of methoxy groups -OCH3 is 1. The third-order valence-electron chi connectivity index (χ3n) is 5.17. The second-order valence-corrected chi connectivity index (χ2v) is 6.75. The summed E-state index contributed by atoms with van der Waals surface area (Å²) in [4.78, 5) is 40.1. The lowest BCUT2D eigenvalue weighted by Gasteiger charge is -2.35. The minimum absolute atomic E-state index is 0.0859. The average Bonchev–Trinajstić information content (AvgIpc) is 2.90. The van der Waals surface area contributed by atoms with E-state index in [2.05, 4.69) is 11.2 Å². The molecule has 0 radical (unpaired) electrons. The van der Waals surface area contributed by atoms with Gasteiger partial charge in [-0.3, -0.25) is 14.4 Å². The summed E-state index contributed by atoms with van der Waals surface area (Å²) in [7, 11) is 1.60. The van der Waals surface area contributed by atoms with Crippen molar-refractivity contribution in [3.8, 4) is 12.3 Å². The molecule has 27 heavy (non-hydrogen) atoms. The van der Waals surface area contributed by atoms with Crippen molar-refractivity contribution in [1.29, 1.82) is 0 Å². The maximum absolute atomic E-state index is 13.2. The lowest BCUT2D eigenvalue weighted by atomic mass is 9.68. The van der Waals surface area contributed by atoms with E-state index in [1.165, 1.54) is 0 Å². The Morgan fingerprint density at radius 2 is 2.26 bits per heavy atom. The minimum atomic E-state index is -1.09. The number of carbonyl (C=O) groups excluding carboxylic acids is 3. The number of allylic oxidation sites excluding steroid dienone is 1. The standard InChI is InChI=1S/C20H28N2O5/c1-4-11-21-17(23)14-15-18(24)22(12-8-13-26-3)16-9-6-7-10-20(15,16)19(25)27-5-2/h1,9,15H,5-8,10-14H2,2-3H3,(H,21,23)/t15-,20-/m0/s1. The van der Waals surface area contributed by atoms with E-state index in [-0.39, 0.29) is 31.4 Å². The zero-order valence-electron chi connectivity index (χ0n) is 16.1. The van der Waals surface area contributed by atoms with Crippen LogP contribution in [-0.2, 0) is 23.9 Å².